The number of allylic oxidation sites excluding steroid dienone is 1. The maximum Gasteiger partial charge on any atom is 0.251 e. The van der Waals surface area contributed by atoms with Gasteiger partial charge in [-0.1, -0.05) is 29.8 Å². The number of amides is 1. The van der Waals surface area contributed by atoms with Crippen molar-refractivity contribution in [3.63, 3.8) is 0 Å². The standard InChI is InChI=1S/C19H28N2O3S/c1-16-8-6-7-11-18(16)19(22)20-13-15-21(25(2,23)24)14-12-17-9-4-3-5-10-17/h6-9,11H,3-5,10,12-15H2,1-2H3,(H,20,22). The highest BCUT2D eigenvalue weighted by molar-refractivity contribution is 7.88. The fourth-order valence-corrected chi connectivity index (χ4v) is 3.91. The van der Waals surface area contributed by atoms with E-state index in [4.69, 9.17) is 0 Å². The Bertz CT molecular complexity index is 726. The quantitative estimate of drug-likeness (QED) is 0.721. The molecule has 0 atom stereocenters. The third-order valence-electron chi connectivity index (χ3n) is 4.57. The van der Waals surface area contributed by atoms with Crippen LogP contribution in [0.5, 0.6) is 0 Å². The number of hydrogen-bond acceptors (Lipinski definition) is 3. The van der Waals surface area contributed by atoms with Crippen LogP contribution in [0.4, 0.5) is 0 Å². The lowest BCUT2D eigenvalue weighted by atomic mass is 9.97. The number of benzene rings is 1. The van der Waals surface area contributed by atoms with Crippen molar-refractivity contribution in [1.29, 1.82) is 0 Å². The molecule has 1 amide bonds. The van der Waals surface area contributed by atoms with Crippen molar-refractivity contribution < 1.29 is 13.2 Å². The van der Waals surface area contributed by atoms with Crippen molar-refractivity contribution in [3.8, 4) is 0 Å². The number of aryl methyl sites for hydroxylation is 1. The summed E-state index contributed by atoms with van der Waals surface area (Å²) in [5.74, 6) is -0.165. The highest BCUT2D eigenvalue weighted by atomic mass is 32.2. The van der Waals surface area contributed by atoms with Crippen LogP contribution in [0.15, 0.2) is 35.9 Å². The predicted molar refractivity (Wildman–Crippen MR) is 101 cm³/mol. The molecular formula is C19H28N2O3S. The lowest BCUT2D eigenvalue weighted by Gasteiger charge is -2.22. The minimum absolute atomic E-state index is 0.165. The second-order valence-electron chi connectivity index (χ2n) is 6.59. The van der Waals surface area contributed by atoms with Crippen molar-refractivity contribution in [2.75, 3.05) is 25.9 Å². The fourth-order valence-electron chi connectivity index (χ4n) is 3.06. The molecule has 25 heavy (non-hydrogen) atoms. The second-order valence-corrected chi connectivity index (χ2v) is 8.57. The largest absolute Gasteiger partial charge is 0.351 e. The highest BCUT2D eigenvalue weighted by Gasteiger charge is 2.18. The number of carbonyl (C=O) groups excluding carboxylic acids is 1. The second kappa shape index (κ2) is 9.15. The van der Waals surface area contributed by atoms with E-state index in [2.05, 4.69) is 11.4 Å². The number of hydrogen-bond donors (Lipinski definition) is 1. The Morgan fingerprint density at radius 3 is 2.60 bits per heavy atom. The van der Waals surface area contributed by atoms with Gasteiger partial charge in [-0.25, -0.2) is 12.7 Å². The van der Waals surface area contributed by atoms with Crippen LogP contribution < -0.4 is 5.32 Å². The number of carbonyl (C=O) groups is 1. The predicted octanol–water partition coefficient (Wildman–Crippen LogP) is 2.88. The molecule has 6 heteroatoms. The molecule has 0 aliphatic heterocycles. The SMILES string of the molecule is Cc1ccccc1C(=O)NCCN(CCC1=CCCCC1)S(C)(=O)=O. The van der Waals surface area contributed by atoms with Crippen LogP contribution >= 0.6 is 0 Å². The Kier molecular flexibility index (Phi) is 7.20. The number of nitrogens with one attached hydrogen (secondary N) is 1. The van der Waals surface area contributed by atoms with Gasteiger partial charge in [0.2, 0.25) is 10.0 Å². The van der Waals surface area contributed by atoms with Crippen LogP contribution in [0.2, 0.25) is 0 Å². The van der Waals surface area contributed by atoms with Crippen LogP contribution in [0.3, 0.4) is 0 Å². The van der Waals surface area contributed by atoms with E-state index in [1.807, 2.05) is 25.1 Å². The molecule has 1 N–H and O–H groups in total. The number of nitrogens with zero attached hydrogens (tertiary/aromatic N) is 1. The van der Waals surface area contributed by atoms with Crippen molar-refractivity contribution >= 4 is 15.9 Å². The van der Waals surface area contributed by atoms with Gasteiger partial charge in [-0.3, -0.25) is 4.79 Å². The first-order valence-electron chi connectivity index (χ1n) is 8.85. The van der Waals surface area contributed by atoms with Crippen molar-refractivity contribution in [1.82, 2.24) is 9.62 Å². The Morgan fingerprint density at radius 2 is 1.96 bits per heavy atom. The molecule has 1 aromatic rings. The average molecular weight is 365 g/mol. The summed E-state index contributed by atoms with van der Waals surface area (Å²) in [5.41, 5.74) is 2.88. The van der Waals surface area contributed by atoms with E-state index in [0.717, 1.165) is 24.8 Å². The van der Waals surface area contributed by atoms with E-state index >= 15 is 0 Å². The summed E-state index contributed by atoms with van der Waals surface area (Å²) in [5, 5.41) is 2.82. The smallest absolute Gasteiger partial charge is 0.251 e. The third kappa shape index (κ3) is 6.29. The monoisotopic (exact) mass is 364 g/mol. The van der Waals surface area contributed by atoms with E-state index in [9.17, 15) is 13.2 Å². The molecule has 0 saturated carbocycles. The lowest BCUT2D eigenvalue weighted by Crippen LogP contribution is -2.38. The summed E-state index contributed by atoms with van der Waals surface area (Å²) in [6, 6.07) is 7.37. The van der Waals surface area contributed by atoms with E-state index < -0.39 is 10.0 Å². The maximum absolute atomic E-state index is 12.2. The van der Waals surface area contributed by atoms with Gasteiger partial charge in [0.1, 0.15) is 0 Å². The van der Waals surface area contributed by atoms with Gasteiger partial charge in [-0.2, -0.15) is 0 Å². The Hall–Kier alpha value is -1.66. The fraction of sp³-hybridized carbons (Fsp3) is 0.526. The molecule has 1 aliphatic rings. The summed E-state index contributed by atoms with van der Waals surface area (Å²) < 4.78 is 25.5. The topological polar surface area (TPSA) is 66.5 Å². The first-order chi connectivity index (χ1) is 11.9. The van der Waals surface area contributed by atoms with E-state index in [1.165, 1.54) is 29.0 Å². The Morgan fingerprint density at radius 1 is 1.20 bits per heavy atom. The van der Waals surface area contributed by atoms with Gasteiger partial charge in [0.15, 0.2) is 0 Å². The number of sulfonamides is 1. The van der Waals surface area contributed by atoms with Gasteiger partial charge in [-0.05, 0) is 50.7 Å². The van der Waals surface area contributed by atoms with Gasteiger partial charge in [0.05, 0.1) is 6.26 Å². The van der Waals surface area contributed by atoms with Gasteiger partial charge in [-0.15, -0.1) is 0 Å². The van der Waals surface area contributed by atoms with Gasteiger partial charge >= 0.3 is 0 Å². The minimum atomic E-state index is -3.28. The van der Waals surface area contributed by atoms with Crippen molar-refractivity contribution in [2.45, 2.75) is 39.0 Å². The van der Waals surface area contributed by atoms with Crippen LogP contribution in [0, 0.1) is 6.92 Å². The minimum Gasteiger partial charge on any atom is -0.351 e. The average Bonchev–Trinajstić information content (AvgIpc) is 2.58. The Labute approximate surface area is 151 Å². The molecule has 0 spiro atoms. The molecule has 0 unspecified atom stereocenters. The highest BCUT2D eigenvalue weighted by Crippen LogP contribution is 2.20. The molecule has 0 fully saturated rings. The van der Waals surface area contributed by atoms with E-state index in [0.29, 0.717) is 25.2 Å². The molecule has 1 aromatic carbocycles. The summed E-state index contributed by atoms with van der Waals surface area (Å²) in [4.78, 5) is 12.2. The molecule has 2 rings (SSSR count). The van der Waals surface area contributed by atoms with Crippen LogP contribution in [0.25, 0.3) is 0 Å². The zero-order chi connectivity index (χ0) is 18.3. The van der Waals surface area contributed by atoms with Crippen LogP contribution in [-0.4, -0.2) is 44.5 Å². The third-order valence-corrected chi connectivity index (χ3v) is 5.88. The zero-order valence-electron chi connectivity index (χ0n) is 15.1. The summed E-state index contributed by atoms with van der Waals surface area (Å²) in [7, 11) is -3.28. The van der Waals surface area contributed by atoms with Crippen LogP contribution in [-0.2, 0) is 10.0 Å². The molecular weight excluding hydrogens is 336 g/mol. The molecule has 138 valence electrons. The van der Waals surface area contributed by atoms with Crippen molar-refractivity contribution in [3.05, 3.63) is 47.0 Å². The Balaban J connectivity index is 1.86. The summed E-state index contributed by atoms with van der Waals surface area (Å²) in [6.07, 6.45) is 8.83. The first-order valence-corrected chi connectivity index (χ1v) is 10.7. The van der Waals surface area contributed by atoms with Crippen molar-refractivity contribution in [2.24, 2.45) is 0 Å². The zero-order valence-corrected chi connectivity index (χ0v) is 15.9. The summed E-state index contributed by atoms with van der Waals surface area (Å²) >= 11 is 0. The molecule has 5 nitrogen and oxygen atoms in total. The first kappa shape index (κ1) is 19.7. The molecule has 0 radical (unpaired) electrons. The maximum atomic E-state index is 12.2. The summed E-state index contributed by atoms with van der Waals surface area (Å²) in [6.45, 7) is 2.96. The van der Waals surface area contributed by atoms with E-state index in [-0.39, 0.29) is 5.91 Å². The normalized spacial score (nSPS) is 15.1. The molecule has 0 heterocycles. The van der Waals surface area contributed by atoms with Gasteiger partial charge < -0.3 is 5.32 Å². The van der Waals surface area contributed by atoms with E-state index in [1.54, 1.807) is 6.07 Å². The van der Waals surface area contributed by atoms with Gasteiger partial charge in [0.25, 0.3) is 5.91 Å². The van der Waals surface area contributed by atoms with Gasteiger partial charge in [0, 0.05) is 25.2 Å². The number of rotatable bonds is 8. The van der Waals surface area contributed by atoms with Crippen LogP contribution in [0.1, 0.15) is 48.0 Å². The molecule has 0 bridgehead atoms. The molecule has 0 aromatic heterocycles. The molecule has 1 aliphatic carbocycles. The molecule has 0 saturated heterocycles. The lowest BCUT2D eigenvalue weighted by molar-refractivity contribution is 0.0951.